The Labute approximate surface area is 235 Å². The summed E-state index contributed by atoms with van der Waals surface area (Å²) >= 11 is 0. The first-order valence-corrected chi connectivity index (χ1v) is 13.6. The van der Waals surface area contributed by atoms with Gasteiger partial charge >= 0.3 is 6.18 Å². The summed E-state index contributed by atoms with van der Waals surface area (Å²) < 4.78 is 53.0. The van der Waals surface area contributed by atoms with Gasteiger partial charge in [0.2, 0.25) is 5.62 Å². The van der Waals surface area contributed by atoms with Crippen molar-refractivity contribution in [2.75, 3.05) is 44.5 Å². The molecule has 0 saturated carbocycles. The highest BCUT2D eigenvalue weighted by atomic mass is 19.4. The lowest BCUT2D eigenvalue weighted by molar-refractivity contribution is -0.137. The predicted molar refractivity (Wildman–Crippen MR) is 146 cm³/mol. The Kier molecular flexibility index (Phi) is 8.09. The molecule has 1 aromatic heterocycles. The Morgan fingerprint density at radius 3 is 2.54 bits per heavy atom. The molecule has 2 aliphatic heterocycles. The van der Waals surface area contributed by atoms with Gasteiger partial charge in [0.25, 0.3) is 11.8 Å². The van der Waals surface area contributed by atoms with Gasteiger partial charge < -0.3 is 23.9 Å². The molecule has 0 radical (unpaired) electrons. The van der Waals surface area contributed by atoms with E-state index in [1.807, 2.05) is 43.5 Å². The van der Waals surface area contributed by atoms with Crippen LogP contribution in [0.5, 0.6) is 0 Å². The molecule has 2 aliphatic rings. The maximum Gasteiger partial charge on any atom is 0.416 e. The molecular formula is C29H34F3N5O4. The number of H-pyrrole nitrogens is 1. The highest BCUT2D eigenvalue weighted by Crippen LogP contribution is 2.30. The maximum absolute atomic E-state index is 13.3. The van der Waals surface area contributed by atoms with Gasteiger partial charge in [0, 0.05) is 36.9 Å². The summed E-state index contributed by atoms with van der Waals surface area (Å²) in [5.41, 5.74) is 1.07. The van der Waals surface area contributed by atoms with E-state index in [-0.39, 0.29) is 35.3 Å². The summed E-state index contributed by atoms with van der Waals surface area (Å²) in [6.45, 7) is 8.93. The number of morpholine rings is 1. The molecule has 0 atom stereocenters. The minimum absolute atomic E-state index is 0.00629. The van der Waals surface area contributed by atoms with Crippen LogP contribution in [0.3, 0.4) is 0 Å². The number of aromatic amines is 1. The minimum Gasteiger partial charge on any atom is -0.370 e. The topological polar surface area (TPSA) is 92.2 Å². The molecule has 1 N–H and O–H groups in total. The van der Waals surface area contributed by atoms with Crippen LogP contribution in [0.15, 0.2) is 47.5 Å². The third-order valence-corrected chi connectivity index (χ3v) is 7.26. The molecule has 2 amide bonds. The molecule has 41 heavy (non-hydrogen) atoms. The number of carbonyl (C=O) groups excluding carboxylic acids is 2. The number of imidazole rings is 1. The summed E-state index contributed by atoms with van der Waals surface area (Å²) in [6, 6.07) is 9.80. The van der Waals surface area contributed by atoms with Gasteiger partial charge in [-0.3, -0.25) is 14.5 Å². The van der Waals surface area contributed by atoms with Gasteiger partial charge in [0.15, 0.2) is 0 Å². The molecule has 0 spiro atoms. The molecule has 0 unspecified atom stereocenters. The van der Waals surface area contributed by atoms with E-state index in [1.165, 1.54) is 12.1 Å². The monoisotopic (exact) mass is 573 g/mol. The highest BCUT2D eigenvalue weighted by Gasteiger charge is 2.31. The number of hydrogen-bond donors (Lipinski definition) is 1. The Balaban J connectivity index is 1.51. The number of alkyl halides is 3. The first-order chi connectivity index (χ1) is 19.4. The van der Waals surface area contributed by atoms with Crippen LogP contribution in [0.2, 0.25) is 0 Å². The number of ether oxygens (including phenoxy) is 2. The fraction of sp³-hybridized carbons (Fsp3) is 0.483. The zero-order valence-electron chi connectivity index (χ0n) is 23.3. The maximum atomic E-state index is 13.3. The second kappa shape index (κ2) is 11.4. The number of benzene rings is 2. The average Bonchev–Trinajstić information content (AvgIpc) is 3.28. The quantitative estimate of drug-likeness (QED) is 0.485. The van der Waals surface area contributed by atoms with Crippen LogP contribution in [0, 0.1) is 0 Å². The number of hydrogen-bond acceptors (Lipinski definition) is 5. The number of amides is 2. The number of aromatic nitrogens is 2. The molecule has 9 nitrogen and oxygen atoms in total. The number of likely N-dealkylation sites (tertiary alicyclic amines) is 1. The molecule has 12 heteroatoms. The Morgan fingerprint density at radius 1 is 1.10 bits per heavy atom. The Morgan fingerprint density at radius 2 is 1.85 bits per heavy atom. The summed E-state index contributed by atoms with van der Waals surface area (Å²) in [6.07, 6.45) is -3.06. The van der Waals surface area contributed by atoms with E-state index in [9.17, 15) is 22.8 Å². The zero-order chi connectivity index (χ0) is 29.4. The summed E-state index contributed by atoms with van der Waals surface area (Å²) in [4.78, 5) is 36.9. The van der Waals surface area contributed by atoms with Gasteiger partial charge in [-0.1, -0.05) is 6.07 Å². The van der Waals surface area contributed by atoms with Gasteiger partial charge in [-0.25, -0.2) is 0 Å². The number of anilines is 1. The van der Waals surface area contributed by atoms with Crippen LogP contribution in [0.25, 0.3) is 11.0 Å². The number of rotatable bonds is 5. The summed E-state index contributed by atoms with van der Waals surface area (Å²) in [5, 5.41) is 0. The number of nitrogens with zero attached hydrogens (tertiary/aromatic N) is 4. The smallest absolute Gasteiger partial charge is 0.370 e. The number of nitrogens with one attached hydrogen (secondary N) is 1. The lowest BCUT2D eigenvalue weighted by atomic mass is 10.0. The molecule has 3 heterocycles. The van der Waals surface area contributed by atoms with Crippen molar-refractivity contribution in [1.82, 2.24) is 14.5 Å². The van der Waals surface area contributed by atoms with Gasteiger partial charge in [-0.2, -0.15) is 18.2 Å². The van der Waals surface area contributed by atoms with E-state index >= 15 is 0 Å². The number of carbonyl (C=O) groups is 2. The van der Waals surface area contributed by atoms with Crippen LogP contribution in [-0.2, 0) is 20.4 Å². The Bertz CT molecular complexity index is 1500. The second-order valence-electron chi connectivity index (χ2n) is 11.3. The fourth-order valence-electron chi connectivity index (χ4n) is 5.12. The van der Waals surface area contributed by atoms with E-state index in [0.717, 1.165) is 43.6 Å². The van der Waals surface area contributed by atoms with Gasteiger partial charge in [0.05, 0.1) is 35.5 Å². The van der Waals surface area contributed by atoms with Crippen molar-refractivity contribution in [2.45, 2.75) is 51.4 Å². The Hall–Kier alpha value is -3.48. The fourth-order valence-corrected chi connectivity index (χ4v) is 5.12. The molecule has 220 valence electrons. The average molecular weight is 574 g/mol. The summed E-state index contributed by atoms with van der Waals surface area (Å²) in [7, 11) is 0. The van der Waals surface area contributed by atoms with Crippen molar-refractivity contribution >= 4 is 28.5 Å². The van der Waals surface area contributed by atoms with Gasteiger partial charge in [-0.15, -0.1) is 0 Å². The normalized spacial score (nSPS) is 18.4. The highest BCUT2D eigenvalue weighted by molar-refractivity contribution is 5.97. The predicted octanol–water partition coefficient (Wildman–Crippen LogP) is 4.50. The zero-order valence-corrected chi connectivity index (χ0v) is 23.3. The molecule has 5 rings (SSSR count). The molecule has 0 aliphatic carbocycles. The number of halogens is 3. The summed E-state index contributed by atoms with van der Waals surface area (Å²) in [5.74, 6) is -0.930. The van der Waals surface area contributed by atoms with Crippen molar-refractivity contribution in [3.63, 3.8) is 0 Å². The standard InChI is InChI=1S/C29H34F3N5O4/c1-28(2,3)41-18-35-11-9-21(10-12-35)37-24-8-7-22(36-13-14-40-17-25(36)38)16-23(24)33-27(37)34-26(39)19-5-4-6-20(15-19)29(30,31)32/h4-8,15-16,21H,9-14,17-18H2,1-3H3,(H,33,34,39). The van der Waals surface area contributed by atoms with Crippen molar-refractivity contribution in [1.29, 1.82) is 0 Å². The van der Waals surface area contributed by atoms with Crippen molar-refractivity contribution in [3.8, 4) is 0 Å². The minimum atomic E-state index is -4.57. The van der Waals surface area contributed by atoms with Crippen LogP contribution < -0.4 is 10.5 Å². The number of piperidine rings is 1. The van der Waals surface area contributed by atoms with Crippen molar-refractivity contribution in [2.24, 2.45) is 4.99 Å². The lowest BCUT2D eigenvalue weighted by Gasteiger charge is -2.34. The van der Waals surface area contributed by atoms with E-state index in [0.29, 0.717) is 31.1 Å². The SMILES string of the molecule is CC(C)(C)OCN1CCC(n2/c(=N/C(=O)c3cccc(C(F)(F)F)c3)[nH]c3cc(N4CCOCC4=O)ccc32)CC1. The van der Waals surface area contributed by atoms with Crippen LogP contribution in [0.1, 0.15) is 55.6 Å². The third-order valence-electron chi connectivity index (χ3n) is 7.26. The molecule has 2 saturated heterocycles. The van der Waals surface area contributed by atoms with Crippen LogP contribution >= 0.6 is 0 Å². The lowest BCUT2D eigenvalue weighted by Crippen LogP contribution is -2.41. The van der Waals surface area contributed by atoms with Gasteiger partial charge in [-0.05, 0) is 70.0 Å². The molecule has 0 bridgehead atoms. The first kappa shape index (κ1) is 29.0. The van der Waals surface area contributed by atoms with Crippen LogP contribution in [-0.4, -0.2) is 71.4 Å². The third kappa shape index (κ3) is 6.71. The van der Waals surface area contributed by atoms with Gasteiger partial charge in [0.1, 0.15) is 6.61 Å². The van der Waals surface area contributed by atoms with Crippen molar-refractivity contribution in [3.05, 3.63) is 59.2 Å². The first-order valence-electron chi connectivity index (χ1n) is 13.6. The van der Waals surface area contributed by atoms with E-state index < -0.39 is 17.6 Å². The largest absolute Gasteiger partial charge is 0.416 e. The second-order valence-corrected chi connectivity index (χ2v) is 11.3. The number of fused-ring (bicyclic) bond motifs is 1. The molecule has 2 aromatic carbocycles. The molecule has 3 aromatic rings. The molecule has 2 fully saturated rings. The van der Waals surface area contributed by atoms with Crippen molar-refractivity contribution < 1.29 is 32.2 Å². The van der Waals surface area contributed by atoms with E-state index in [1.54, 1.807) is 4.90 Å². The van der Waals surface area contributed by atoms with Crippen LogP contribution in [0.4, 0.5) is 18.9 Å². The molecular weight excluding hydrogens is 539 g/mol. The van der Waals surface area contributed by atoms with E-state index in [2.05, 4.69) is 14.9 Å². The van der Waals surface area contributed by atoms with E-state index in [4.69, 9.17) is 9.47 Å².